The molecule has 6 aliphatic rings. The summed E-state index contributed by atoms with van der Waals surface area (Å²) in [5, 5.41) is 0. The number of rotatable bonds is 7. The van der Waals surface area contributed by atoms with E-state index in [-0.39, 0.29) is 42.6 Å². The van der Waals surface area contributed by atoms with E-state index >= 15 is 0 Å². The minimum absolute atomic E-state index is 0.0751. The molecule has 5 nitrogen and oxygen atoms in total. The molecule has 0 N–H and O–H groups in total. The summed E-state index contributed by atoms with van der Waals surface area (Å²) in [5.74, 6) is 3.33. The van der Waals surface area contributed by atoms with Gasteiger partial charge in [-0.15, -0.1) is 0 Å². The first-order chi connectivity index (χ1) is 14.0. The Balaban J connectivity index is 1.11. The van der Waals surface area contributed by atoms with E-state index in [1.165, 1.54) is 32.1 Å². The number of fused-ring (bicyclic) bond motifs is 2. The van der Waals surface area contributed by atoms with Crippen molar-refractivity contribution in [2.75, 3.05) is 6.79 Å². The van der Waals surface area contributed by atoms with E-state index in [9.17, 15) is 9.59 Å². The van der Waals surface area contributed by atoms with E-state index in [2.05, 4.69) is 0 Å². The van der Waals surface area contributed by atoms with Crippen molar-refractivity contribution in [3.8, 4) is 0 Å². The first-order valence-corrected chi connectivity index (χ1v) is 12.0. The maximum Gasteiger partial charge on any atom is 0.311 e. The van der Waals surface area contributed by atoms with Crippen molar-refractivity contribution < 1.29 is 23.8 Å². The van der Waals surface area contributed by atoms with Crippen molar-refractivity contribution in [1.29, 1.82) is 0 Å². The molecular weight excluding hydrogens is 368 g/mol. The lowest BCUT2D eigenvalue weighted by Gasteiger charge is -2.53. The average Bonchev–Trinajstić information content (AvgIpc) is 3.29. The number of carbonyl (C=O) groups is 2. The maximum absolute atomic E-state index is 12.8. The monoisotopic (exact) mass is 404 g/mol. The maximum atomic E-state index is 12.8. The van der Waals surface area contributed by atoms with E-state index in [0.29, 0.717) is 23.9 Å². The second-order valence-corrected chi connectivity index (χ2v) is 10.8. The Labute approximate surface area is 174 Å². The summed E-state index contributed by atoms with van der Waals surface area (Å²) in [6.07, 6.45) is 10.4. The third-order valence-corrected chi connectivity index (χ3v) is 8.94. The van der Waals surface area contributed by atoms with Gasteiger partial charge in [0, 0.05) is 5.92 Å². The molecule has 6 fully saturated rings. The number of hydrogen-bond donors (Lipinski definition) is 0. The van der Waals surface area contributed by atoms with Crippen LogP contribution >= 0.6 is 0 Å². The number of esters is 2. The molecule has 29 heavy (non-hydrogen) atoms. The highest BCUT2D eigenvalue weighted by molar-refractivity contribution is 5.74. The van der Waals surface area contributed by atoms with Crippen molar-refractivity contribution in [2.45, 2.75) is 83.8 Å². The Morgan fingerprint density at radius 2 is 1.55 bits per heavy atom. The largest absolute Gasteiger partial charge is 0.462 e. The van der Waals surface area contributed by atoms with Crippen LogP contribution in [0.15, 0.2) is 0 Å². The number of carbonyl (C=O) groups excluding carboxylic acids is 2. The summed E-state index contributed by atoms with van der Waals surface area (Å²) in [6.45, 7) is 4.00. The Hall–Kier alpha value is -1.10. The van der Waals surface area contributed by atoms with E-state index < -0.39 is 0 Å². The normalized spacial score (nSPS) is 45.4. The zero-order valence-corrected chi connectivity index (χ0v) is 17.9. The second kappa shape index (κ2) is 7.86. The third kappa shape index (κ3) is 3.73. The molecule has 0 saturated heterocycles. The fraction of sp³-hybridized carbons (Fsp3) is 0.917. The van der Waals surface area contributed by atoms with Crippen LogP contribution in [0.3, 0.4) is 0 Å². The summed E-state index contributed by atoms with van der Waals surface area (Å²) in [7, 11) is 0. The molecule has 5 atom stereocenters. The van der Waals surface area contributed by atoms with Crippen molar-refractivity contribution in [3.63, 3.8) is 0 Å². The summed E-state index contributed by atoms with van der Waals surface area (Å²) < 4.78 is 17.5. The predicted molar refractivity (Wildman–Crippen MR) is 107 cm³/mol. The molecule has 6 saturated carbocycles. The fourth-order valence-electron chi connectivity index (χ4n) is 7.55. The van der Waals surface area contributed by atoms with Gasteiger partial charge in [-0.1, -0.05) is 13.8 Å². The Morgan fingerprint density at radius 1 is 0.897 bits per heavy atom. The molecule has 5 unspecified atom stereocenters. The van der Waals surface area contributed by atoms with Gasteiger partial charge in [0.25, 0.3) is 0 Å². The molecule has 0 aliphatic heterocycles. The van der Waals surface area contributed by atoms with Crippen molar-refractivity contribution >= 4 is 11.9 Å². The lowest BCUT2D eigenvalue weighted by atomic mass is 9.55. The van der Waals surface area contributed by atoms with Gasteiger partial charge in [-0.05, 0) is 87.4 Å². The van der Waals surface area contributed by atoms with Gasteiger partial charge >= 0.3 is 11.9 Å². The average molecular weight is 405 g/mol. The van der Waals surface area contributed by atoms with Gasteiger partial charge in [-0.25, -0.2) is 0 Å². The predicted octanol–water partition coefficient (Wildman–Crippen LogP) is 4.33. The smallest absolute Gasteiger partial charge is 0.311 e. The van der Waals surface area contributed by atoms with Crippen LogP contribution in [0.25, 0.3) is 0 Å². The molecule has 0 aromatic heterocycles. The van der Waals surface area contributed by atoms with Crippen LogP contribution in [0.1, 0.15) is 71.6 Å². The van der Waals surface area contributed by atoms with Crippen LogP contribution < -0.4 is 0 Å². The van der Waals surface area contributed by atoms with Crippen LogP contribution in [0, 0.1) is 47.3 Å². The topological polar surface area (TPSA) is 61.8 Å². The molecule has 0 heterocycles. The summed E-state index contributed by atoms with van der Waals surface area (Å²) in [5.41, 5.74) is 0. The van der Waals surface area contributed by atoms with Gasteiger partial charge < -0.3 is 14.2 Å². The standard InChI is InChI=1S/C24H36O5/c1-3-13(2)23(25)29-21-11-16-9-19(21)20(10-16)24(26)28-12-27-22-17-5-14-4-15(7-17)8-18(22)6-14/h13-22H,3-12H2,1-2H3. The van der Waals surface area contributed by atoms with Gasteiger partial charge in [0.15, 0.2) is 6.79 Å². The molecule has 162 valence electrons. The SMILES string of the molecule is CCC(C)C(=O)OC1CC2CC(C(=O)OCOC3C4CC5CC(C4)CC3C5)C1C2. The fourth-order valence-corrected chi connectivity index (χ4v) is 7.55. The molecule has 0 radical (unpaired) electrons. The van der Waals surface area contributed by atoms with E-state index in [1.807, 2.05) is 13.8 Å². The molecule has 0 aromatic rings. The molecule has 6 bridgehead atoms. The van der Waals surface area contributed by atoms with Crippen LogP contribution in [0.5, 0.6) is 0 Å². The highest BCUT2D eigenvalue weighted by Gasteiger charge is 2.52. The third-order valence-electron chi connectivity index (χ3n) is 8.94. The Kier molecular flexibility index (Phi) is 5.38. The zero-order valence-electron chi connectivity index (χ0n) is 17.9. The second-order valence-electron chi connectivity index (χ2n) is 10.8. The Morgan fingerprint density at radius 3 is 2.17 bits per heavy atom. The van der Waals surface area contributed by atoms with Gasteiger partial charge in [-0.3, -0.25) is 9.59 Å². The van der Waals surface area contributed by atoms with E-state index in [0.717, 1.165) is 37.5 Å². The Bertz CT molecular complexity index is 617. The first kappa shape index (κ1) is 19.8. The highest BCUT2D eigenvalue weighted by atomic mass is 16.7. The van der Waals surface area contributed by atoms with Gasteiger partial charge in [0.1, 0.15) is 6.10 Å². The van der Waals surface area contributed by atoms with Crippen LogP contribution in [-0.2, 0) is 23.8 Å². The highest BCUT2D eigenvalue weighted by Crippen LogP contribution is 2.55. The minimum atomic E-state index is -0.148. The van der Waals surface area contributed by atoms with E-state index in [1.54, 1.807) is 0 Å². The molecule has 0 aromatic carbocycles. The summed E-state index contributed by atoms with van der Waals surface area (Å²) >= 11 is 0. The van der Waals surface area contributed by atoms with Crippen molar-refractivity contribution in [2.24, 2.45) is 47.3 Å². The lowest BCUT2D eigenvalue weighted by Crippen LogP contribution is -2.49. The minimum Gasteiger partial charge on any atom is -0.462 e. The van der Waals surface area contributed by atoms with Crippen LogP contribution in [-0.4, -0.2) is 30.9 Å². The summed E-state index contributed by atoms with van der Waals surface area (Å²) in [4.78, 5) is 25.0. The van der Waals surface area contributed by atoms with Crippen molar-refractivity contribution in [3.05, 3.63) is 0 Å². The van der Waals surface area contributed by atoms with Crippen molar-refractivity contribution in [1.82, 2.24) is 0 Å². The summed E-state index contributed by atoms with van der Waals surface area (Å²) in [6, 6.07) is 0. The van der Waals surface area contributed by atoms with Gasteiger partial charge in [0.05, 0.1) is 17.9 Å². The quantitative estimate of drug-likeness (QED) is 0.467. The molecular formula is C24H36O5. The molecule has 6 aliphatic carbocycles. The number of ether oxygens (including phenoxy) is 3. The number of hydrogen-bond acceptors (Lipinski definition) is 5. The molecule has 5 heteroatoms. The van der Waals surface area contributed by atoms with E-state index in [4.69, 9.17) is 14.2 Å². The molecule has 0 spiro atoms. The molecule has 0 amide bonds. The van der Waals surface area contributed by atoms with Crippen LogP contribution in [0.2, 0.25) is 0 Å². The van der Waals surface area contributed by atoms with Crippen LogP contribution in [0.4, 0.5) is 0 Å². The first-order valence-electron chi connectivity index (χ1n) is 12.0. The lowest BCUT2D eigenvalue weighted by molar-refractivity contribution is -0.192. The zero-order chi connectivity index (χ0) is 20.1. The van der Waals surface area contributed by atoms with Gasteiger partial charge in [-0.2, -0.15) is 0 Å². The molecule has 6 rings (SSSR count). The van der Waals surface area contributed by atoms with Gasteiger partial charge in [0.2, 0.25) is 0 Å².